The van der Waals surface area contributed by atoms with E-state index in [-0.39, 0.29) is 5.56 Å². The maximum Gasteiger partial charge on any atom is 0.335 e. The zero-order valence-corrected chi connectivity index (χ0v) is 17.6. The molecule has 3 aromatic carbocycles. The van der Waals surface area contributed by atoms with Gasteiger partial charge in [-0.25, -0.2) is 4.79 Å². The van der Waals surface area contributed by atoms with Gasteiger partial charge in [0.1, 0.15) is 17.2 Å². The van der Waals surface area contributed by atoms with Crippen molar-refractivity contribution in [1.82, 2.24) is 0 Å². The second-order valence-electron chi connectivity index (χ2n) is 6.48. The van der Waals surface area contributed by atoms with Crippen LogP contribution >= 0.6 is 0 Å². The van der Waals surface area contributed by atoms with E-state index in [0.717, 1.165) is 12.8 Å². The van der Waals surface area contributed by atoms with Crippen LogP contribution in [0, 0.1) is 22.7 Å². The Morgan fingerprint density at radius 1 is 0.844 bits per heavy atom. The molecule has 0 saturated heterocycles. The molecule has 0 saturated carbocycles. The van der Waals surface area contributed by atoms with E-state index < -0.39 is 5.97 Å². The quantitative estimate of drug-likeness (QED) is 0.445. The minimum atomic E-state index is -0.928. The van der Waals surface area contributed by atoms with Crippen LogP contribution in [0.4, 0.5) is 0 Å². The Labute approximate surface area is 187 Å². The maximum atomic E-state index is 10.6. The fourth-order valence-corrected chi connectivity index (χ4v) is 2.37. The number of ether oxygens (including phenoxy) is 2. The van der Waals surface area contributed by atoms with E-state index in [9.17, 15) is 4.79 Å². The van der Waals surface area contributed by atoms with Crippen LogP contribution in [-0.2, 0) is 0 Å². The molecule has 6 nitrogen and oxygen atoms in total. The van der Waals surface area contributed by atoms with Gasteiger partial charge in [-0.2, -0.15) is 10.5 Å². The molecular weight excluding hydrogens is 404 g/mol. The molecule has 3 aromatic rings. The Balaban J connectivity index is 0.000000229. The van der Waals surface area contributed by atoms with Crippen molar-refractivity contribution in [2.24, 2.45) is 0 Å². The van der Waals surface area contributed by atoms with E-state index >= 15 is 0 Å². The molecule has 0 atom stereocenters. The number of carbonyl (C=O) groups is 1. The van der Waals surface area contributed by atoms with Gasteiger partial charge in [-0.3, -0.25) is 0 Å². The maximum absolute atomic E-state index is 10.6. The van der Waals surface area contributed by atoms with E-state index in [1.54, 1.807) is 66.9 Å². The zero-order valence-electron chi connectivity index (χ0n) is 17.6. The highest BCUT2D eigenvalue weighted by Crippen LogP contribution is 2.21. The molecular formula is C26H22N2O4. The van der Waals surface area contributed by atoms with Crippen LogP contribution < -0.4 is 9.47 Å². The highest BCUT2D eigenvalue weighted by atomic mass is 16.5. The number of allylic oxidation sites excluding steroid dienone is 1. The van der Waals surface area contributed by atoms with Crippen LogP contribution in [0.5, 0.6) is 17.2 Å². The summed E-state index contributed by atoms with van der Waals surface area (Å²) in [5, 5.41) is 26.0. The Morgan fingerprint density at radius 2 is 1.31 bits per heavy atom. The lowest BCUT2D eigenvalue weighted by atomic mass is 10.2. The average molecular weight is 426 g/mol. The van der Waals surface area contributed by atoms with Gasteiger partial charge in [0, 0.05) is 0 Å². The predicted molar refractivity (Wildman–Crippen MR) is 120 cm³/mol. The van der Waals surface area contributed by atoms with Crippen molar-refractivity contribution >= 4 is 5.97 Å². The predicted octanol–water partition coefficient (Wildman–Crippen LogP) is 6.30. The molecule has 0 amide bonds. The molecule has 0 aliphatic heterocycles. The highest BCUT2D eigenvalue weighted by molar-refractivity contribution is 5.87. The number of carboxylic acids is 1. The third kappa shape index (κ3) is 8.06. The molecule has 0 fully saturated rings. The Hall–Kier alpha value is -4.55. The van der Waals surface area contributed by atoms with Crippen molar-refractivity contribution in [1.29, 1.82) is 10.5 Å². The molecule has 3 rings (SSSR count). The number of hydrogen-bond acceptors (Lipinski definition) is 5. The van der Waals surface area contributed by atoms with Gasteiger partial charge in [-0.15, -0.1) is 0 Å². The number of nitriles is 2. The van der Waals surface area contributed by atoms with Gasteiger partial charge in [-0.05, 0) is 85.3 Å². The Kier molecular flexibility index (Phi) is 9.56. The number of hydrogen-bond donors (Lipinski definition) is 1. The van der Waals surface area contributed by atoms with E-state index in [4.69, 9.17) is 25.1 Å². The van der Waals surface area contributed by atoms with Crippen LogP contribution in [0.25, 0.3) is 0 Å². The van der Waals surface area contributed by atoms with Crippen molar-refractivity contribution in [3.63, 3.8) is 0 Å². The van der Waals surface area contributed by atoms with Gasteiger partial charge in [-0.1, -0.05) is 13.3 Å². The normalized spacial score (nSPS) is 9.72. The van der Waals surface area contributed by atoms with Crippen molar-refractivity contribution in [3.05, 3.63) is 102 Å². The molecule has 32 heavy (non-hydrogen) atoms. The van der Waals surface area contributed by atoms with E-state index in [0.29, 0.717) is 28.4 Å². The number of unbranched alkanes of at least 4 members (excludes halogenated alkanes) is 1. The van der Waals surface area contributed by atoms with Gasteiger partial charge < -0.3 is 14.6 Å². The summed E-state index contributed by atoms with van der Waals surface area (Å²) in [6.45, 7) is 2.09. The third-order valence-corrected chi connectivity index (χ3v) is 4.06. The van der Waals surface area contributed by atoms with Crippen LogP contribution in [0.3, 0.4) is 0 Å². The summed E-state index contributed by atoms with van der Waals surface area (Å²) in [6, 6.07) is 24.1. The number of rotatable bonds is 7. The summed E-state index contributed by atoms with van der Waals surface area (Å²) in [5.74, 6) is 1.04. The summed E-state index contributed by atoms with van der Waals surface area (Å²) in [5.41, 5.74) is 1.45. The number of aromatic carboxylic acids is 1. The largest absolute Gasteiger partial charge is 0.478 e. The molecule has 0 aromatic heterocycles. The second kappa shape index (κ2) is 12.9. The van der Waals surface area contributed by atoms with Crippen LogP contribution in [0.2, 0.25) is 0 Å². The van der Waals surface area contributed by atoms with E-state index in [1.807, 2.05) is 18.2 Å². The smallest absolute Gasteiger partial charge is 0.335 e. The minimum Gasteiger partial charge on any atom is -0.478 e. The Bertz CT molecular complexity index is 1050. The summed E-state index contributed by atoms with van der Waals surface area (Å²) in [6.07, 6.45) is 5.62. The minimum absolute atomic E-state index is 0.264. The molecule has 0 spiro atoms. The molecule has 0 unspecified atom stereocenters. The lowest BCUT2D eigenvalue weighted by Crippen LogP contribution is -1.95. The fourth-order valence-electron chi connectivity index (χ4n) is 2.37. The first-order chi connectivity index (χ1) is 15.5. The van der Waals surface area contributed by atoms with Crippen LogP contribution in [0.1, 0.15) is 41.3 Å². The summed E-state index contributed by atoms with van der Waals surface area (Å²) >= 11 is 0. The standard InChI is InChI=1S/C14H8N2O.C12H14O3/c15-9-11-1-5-13(6-2-11)17-14-7-3-12(10-16)4-8-14;1-2-3-4-9-15-11-7-5-10(6-8-11)12(13)14/h1-8H;4-9H,2-3H2,1H3,(H,13,14). The molecule has 1 N–H and O–H groups in total. The Morgan fingerprint density at radius 3 is 1.72 bits per heavy atom. The van der Waals surface area contributed by atoms with Crippen molar-refractivity contribution in [2.45, 2.75) is 19.8 Å². The van der Waals surface area contributed by atoms with Gasteiger partial charge in [0.2, 0.25) is 0 Å². The van der Waals surface area contributed by atoms with E-state index in [1.165, 1.54) is 12.1 Å². The SMILES string of the molecule is CCCC=COc1ccc(C(=O)O)cc1.N#Cc1ccc(Oc2ccc(C#N)cc2)cc1. The van der Waals surface area contributed by atoms with Gasteiger partial charge in [0.25, 0.3) is 0 Å². The first kappa shape index (κ1) is 23.7. The van der Waals surface area contributed by atoms with Gasteiger partial charge in [0.15, 0.2) is 0 Å². The first-order valence-corrected chi connectivity index (χ1v) is 9.89. The monoisotopic (exact) mass is 426 g/mol. The summed E-state index contributed by atoms with van der Waals surface area (Å²) < 4.78 is 10.8. The van der Waals surface area contributed by atoms with Crippen molar-refractivity contribution in [2.75, 3.05) is 0 Å². The zero-order chi connectivity index (χ0) is 23.2. The number of carboxylic acid groups (broad SMARTS) is 1. The van der Waals surface area contributed by atoms with Crippen LogP contribution in [0.15, 0.2) is 85.1 Å². The van der Waals surface area contributed by atoms with Gasteiger partial charge in [0.05, 0.1) is 35.1 Å². The number of benzene rings is 3. The molecule has 0 aliphatic rings. The molecule has 0 bridgehead atoms. The molecule has 0 radical (unpaired) electrons. The highest BCUT2D eigenvalue weighted by Gasteiger charge is 2.01. The molecule has 160 valence electrons. The van der Waals surface area contributed by atoms with E-state index in [2.05, 4.69) is 6.92 Å². The molecule has 0 aliphatic carbocycles. The lowest BCUT2D eigenvalue weighted by molar-refractivity contribution is 0.0697. The van der Waals surface area contributed by atoms with Crippen molar-refractivity contribution in [3.8, 4) is 29.4 Å². The second-order valence-corrected chi connectivity index (χ2v) is 6.48. The third-order valence-electron chi connectivity index (χ3n) is 4.06. The summed E-state index contributed by atoms with van der Waals surface area (Å²) in [7, 11) is 0. The van der Waals surface area contributed by atoms with Crippen molar-refractivity contribution < 1.29 is 19.4 Å². The topological polar surface area (TPSA) is 103 Å². The lowest BCUT2D eigenvalue weighted by Gasteiger charge is -2.05. The first-order valence-electron chi connectivity index (χ1n) is 9.89. The number of nitrogens with zero attached hydrogens (tertiary/aromatic N) is 2. The summed E-state index contributed by atoms with van der Waals surface area (Å²) in [4.78, 5) is 10.6. The van der Waals surface area contributed by atoms with Gasteiger partial charge >= 0.3 is 5.97 Å². The molecule has 6 heteroatoms. The molecule has 0 heterocycles. The average Bonchev–Trinajstić information content (AvgIpc) is 2.83. The fraction of sp³-hybridized carbons (Fsp3) is 0.115. The van der Waals surface area contributed by atoms with Crippen LogP contribution in [-0.4, -0.2) is 11.1 Å².